The highest BCUT2D eigenvalue weighted by atomic mass is 35.5. The number of benzene rings is 1. The molecule has 0 spiro atoms. The number of hydrazone groups is 1. The van der Waals surface area contributed by atoms with Crippen molar-refractivity contribution in [1.82, 2.24) is 15.7 Å². The van der Waals surface area contributed by atoms with Crippen LogP contribution in [0, 0.1) is 0 Å². The molecule has 10 heteroatoms. The summed E-state index contributed by atoms with van der Waals surface area (Å²) >= 11 is 11.1. The van der Waals surface area contributed by atoms with Gasteiger partial charge < -0.3 is 10.1 Å². The Bertz CT molecular complexity index is 925. The average Bonchev–Trinajstić information content (AvgIpc) is 2.63. The normalized spacial score (nSPS) is 12.5. The lowest BCUT2D eigenvalue weighted by atomic mass is 10.1. The molecule has 1 aromatic heterocycles. The van der Waals surface area contributed by atoms with E-state index in [2.05, 4.69) is 20.8 Å². The van der Waals surface area contributed by atoms with Gasteiger partial charge in [0.15, 0.2) is 5.11 Å². The average molecular weight is 459 g/mol. The second-order valence-corrected chi connectivity index (χ2v) is 8.29. The Labute approximate surface area is 183 Å². The highest BCUT2D eigenvalue weighted by Crippen LogP contribution is 2.31. The van der Waals surface area contributed by atoms with Crippen molar-refractivity contribution in [2.75, 3.05) is 0 Å². The van der Waals surface area contributed by atoms with Gasteiger partial charge in [-0.25, -0.2) is 0 Å². The number of halogens is 4. The topological polar surface area (TPSA) is 58.5 Å². The fourth-order valence-corrected chi connectivity index (χ4v) is 2.81. The lowest BCUT2D eigenvalue weighted by molar-refractivity contribution is -0.137. The van der Waals surface area contributed by atoms with Crippen molar-refractivity contribution in [1.29, 1.82) is 0 Å². The number of hydrogen-bond donors (Lipinski definition) is 2. The Kier molecular flexibility index (Phi) is 7.65. The molecule has 2 N–H and O–H groups in total. The number of nitrogens with zero attached hydrogens (tertiary/aromatic N) is 2. The van der Waals surface area contributed by atoms with E-state index in [4.69, 9.17) is 28.6 Å². The number of hydrogen-bond acceptors (Lipinski definition) is 4. The number of pyridine rings is 1. The summed E-state index contributed by atoms with van der Waals surface area (Å²) in [6.45, 7) is 7.74. The zero-order valence-electron chi connectivity index (χ0n) is 16.9. The Morgan fingerprint density at radius 1 is 1.20 bits per heavy atom. The lowest BCUT2D eigenvalue weighted by Crippen LogP contribution is -2.44. The standard InChI is InChI=1S/C20H22ClF3N4OS/c1-12(27-28-18(30)26-19(2,3)4)13-5-7-15(8-6-13)29-11-17-16(21)9-14(10-25-17)20(22,23)24/h5-10H,11H2,1-4H3,(H2,26,28,30)/b27-12+. The zero-order chi connectivity index (χ0) is 22.5. The minimum atomic E-state index is -4.49. The van der Waals surface area contributed by atoms with E-state index >= 15 is 0 Å². The van der Waals surface area contributed by atoms with Gasteiger partial charge >= 0.3 is 6.18 Å². The number of thiocarbonyl (C=S) groups is 1. The van der Waals surface area contributed by atoms with Gasteiger partial charge in [0.25, 0.3) is 0 Å². The fraction of sp³-hybridized carbons (Fsp3) is 0.350. The number of rotatable bonds is 5. The van der Waals surface area contributed by atoms with Crippen LogP contribution in [0.4, 0.5) is 13.2 Å². The summed E-state index contributed by atoms with van der Waals surface area (Å²) in [4.78, 5) is 3.75. The first-order chi connectivity index (χ1) is 13.8. The summed E-state index contributed by atoms with van der Waals surface area (Å²) in [7, 11) is 0. The molecule has 0 aliphatic rings. The van der Waals surface area contributed by atoms with Crippen LogP contribution in [0.2, 0.25) is 5.02 Å². The third-order valence-corrected chi connectivity index (χ3v) is 4.23. The smallest absolute Gasteiger partial charge is 0.417 e. The van der Waals surface area contributed by atoms with E-state index in [1.807, 2.05) is 27.7 Å². The molecule has 1 heterocycles. The second-order valence-electron chi connectivity index (χ2n) is 7.48. The van der Waals surface area contributed by atoms with E-state index in [1.54, 1.807) is 24.3 Å². The maximum atomic E-state index is 12.7. The van der Waals surface area contributed by atoms with Gasteiger partial charge in [0.05, 0.1) is 22.0 Å². The molecular formula is C20H22ClF3N4OS. The largest absolute Gasteiger partial charge is 0.487 e. The maximum absolute atomic E-state index is 12.7. The third-order valence-electron chi connectivity index (χ3n) is 3.71. The monoisotopic (exact) mass is 458 g/mol. The van der Waals surface area contributed by atoms with Crippen LogP contribution < -0.4 is 15.5 Å². The van der Waals surface area contributed by atoms with Crippen LogP contribution in [0.1, 0.15) is 44.5 Å². The number of aromatic nitrogens is 1. The van der Waals surface area contributed by atoms with Gasteiger partial charge in [0, 0.05) is 11.7 Å². The molecule has 30 heavy (non-hydrogen) atoms. The molecule has 0 fully saturated rings. The molecule has 0 aliphatic carbocycles. The molecule has 5 nitrogen and oxygen atoms in total. The van der Waals surface area contributed by atoms with Crippen LogP contribution in [0.5, 0.6) is 5.75 Å². The van der Waals surface area contributed by atoms with E-state index in [0.717, 1.165) is 17.8 Å². The van der Waals surface area contributed by atoms with Gasteiger partial charge in [-0.15, -0.1) is 0 Å². The van der Waals surface area contributed by atoms with Gasteiger partial charge in [-0.3, -0.25) is 10.4 Å². The van der Waals surface area contributed by atoms with E-state index < -0.39 is 11.7 Å². The molecule has 2 rings (SSSR count). The van der Waals surface area contributed by atoms with Gasteiger partial charge in [0.2, 0.25) is 0 Å². The fourth-order valence-electron chi connectivity index (χ4n) is 2.24. The van der Waals surface area contributed by atoms with E-state index in [9.17, 15) is 13.2 Å². The maximum Gasteiger partial charge on any atom is 0.417 e. The van der Waals surface area contributed by atoms with Crippen LogP contribution in [-0.2, 0) is 12.8 Å². The van der Waals surface area contributed by atoms with Crippen LogP contribution >= 0.6 is 23.8 Å². The predicted octanol–water partition coefficient (Wildman–Crippen LogP) is 5.32. The Morgan fingerprint density at radius 3 is 2.37 bits per heavy atom. The number of nitrogens with one attached hydrogen (secondary N) is 2. The Balaban J connectivity index is 1.96. The van der Waals surface area contributed by atoms with Gasteiger partial charge in [-0.05, 0) is 75.8 Å². The summed E-state index contributed by atoms with van der Waals surface area (Å²) in [6.07, 6.45) is -3.76. The molecule has 2 aromatic rings. The zero-order valence-corrected chi connectivity index (χ0v) is 18.5. The molecule has 0 bridgehead atoms. The third kappa shape index (κ3) is 7.46. The SMILES string of the molecule is C/C(=N\NC(=S)NC(C)(C)C)c1ccc(OCc2ncc(C(F)(F)F)cc2Cl)cc1. The van der Waals surface area contributed by atoms with Crippen molar-refractivity contribution in [2.24, 2.45) is 5.10 Å². The second kappa shape index (κ2) is 9.61. The minimum absolute atomic E-state index is 0.0578. The first-order valence-electron chi connectivity index (χ1n) is 8.92. The number of alkyl halides is 3. The highest BCUT2D eigenvalue weighted by Gasteiger charge is 2.31. The molecule has 0 unspecified atom stereocenters. The first-order valence-corrected chi connectivity index (χ1v) is 9.71. The van der Waals surface area contributed by atoms with Gasteiger partial charge in [0.1, 0.15) is 12.4 Å². The molecule has 162 valence electrons. The molecule has 1 aromatic carbocycles. The molecule has 0 amide bonds. The van der Waals surface area contributed by atoms with Crippen molar-refractivity contribution in [3.05, 3.63) is 58.4 Å². The molecule has 0 saturated heterocycles. The van der Waals surface area contributed by atoms with Crippen LogP contribution in [0.15, 0.2) is 41.6 Å². The van der Waals surface area contributed by atoms with E-state index in [0.29, 0.717) is 16.6 Å². The van der Waals surface area contributed by atoms with Gasteiger partial charge in [-0.1, -0.05) is 11.6 Å². The van der Waals surface area contributed by atoms with Crippen molar-refractivity contribution >= 4 is 34.6 Å². The summed E-state index contributed by atoms with van der Waals surface area (Å²) < 4.78 is 43.6. The van der Waals surface area contributed by atoms with Gasteiger partial charge in [-0.2, -0.15) is 18.3 Å². The summed E-state index contributed by atoms with van der Waals surface area (Å²) in [5.74, 6) is 0.516. The molecular weight excluding hydrogens is 437 g/mol. The quantitative estimate of drug-likeness (QED) is 0.361. The van der Waals surface area contributed by atoms with E-state index in [-0.39, 0.29) is 22.9 Å². The lowest BCUT2D eigenvalue weighted by Gasteiger charge is -2.21. The molecule has 0 radical (unpaired) electrons. The van der Waals surface area contributed by atoms with E-state index in [1.165, 1.54) is 0 Å². The number of ether oxygens (including phenoxy) is 1. The Morgan fingerprint density at radius 2 is 1.83 bits per heavy atom. The van der Waals surface area contributed by atoms with Crippen molar-refractivity contribution in [3.8, 4) is 5.75 Å². The minimum Gasteiger partial charge on any atom is -0.487 e. The van der Waals surface area contributed by atoms with Crippen LogP contribution in [0.25, 0.3) is 0 Å². The first kappa shape index (κ1) is 23.9. The van der Waals surface area contributed by atoms with Crippen molar-refractivity contribution in [3.63, 3.8) is 0 Å². The molecule has 0 saturated carbocycles. The summed E-state index contributed by atoms with van der Waals surface area (Å²) in [5, 5.41) is 7.66. The van der Waals surface area contributed by atoms with Crippen molar-refractivity contribution < 1.29 is 17.9 Å². The molecule has 0 atom stereocenters. The summed E-state index contributed by atoms with van der Waals surface area (Å²) in [5.41, 5.74) is 3.50. The Hall–Kier alpha value is -2.39. The molecule has 0 aliphatic heterocycles. The van der Waals surface area contributed by atoms with Crippen molar-refractivity contribution in [2.45, 2.75) is 46.0 Å². The van der Waals surface area contributed by atoms with Crippen LogP contribution in [-0.4, -0.2) is 21.3 Å². The van der Waals surface area contributed by atoms with Crippen LogP contribution in [0.3, 0.4) is 0 Å². The predicted molar refractivity (Wildman–Crippen MR) is 116 cm³/mol. The highest BCUT2D eigenvalue weighted by molar-refractivity contribution is 7.80. The summed E-state index contributed by atoms with van der Waals surface area (Å²) in [6, 6.07) is 7.88.